The van der Waals surface area contributed by atoms with Crippen molar-refractivity contribution in [3.63, 3.8) is 0 Å². The molecule has 0 aliphatic carbocycles. The van der Waals surface area contributed by atoms with E-state index in [1.54, 1.807) is 13.0 Å². The first-order chi connectivity index (χ1) is 14.7. The number of nitrogens with zero attached hydrogens (tertiary/aromatic N) is 2. The highest BCUT2D eigenvalue weighted by Crippen LogP contribution is 2.38. The number of esters is 1. The molecule has 1 amide bonds. The highest BCUT2D eigenvalue weighted by molar-refractivity contribution is 6.42. The van der Waals surface area contributed by atoms with Crippen molar-refractivity contribution in [1.29, 1.82) is 0 Å². The number of rotatable bonds is 5. The van der Waals surface area contributed by atoms with Gasteiger partial charge in [0.1, 0.15) is 0 Å². The first-order valence-electron chi connectivity index (χ1n) is 8.82. The summed E-state index contributed by atoms with van der Waals surface area (Å²) in [4.78, 5) is 37.8. The van der Waals surface area contributed by atoms with E-state index in [1.807, 2.05) is 0 Å². The molecule has 0 N–H and O–H groups in total. The van der Waals surface area contributed by atoms with E-state index in [0.717, 1.165) is 0 Å². The lowest BCUT2D eigenvalue weighted by molar-refractivity contribution is -0.385. The molecule has 0 aromatic heterocycles. The lowest BCUT2D eigenvalue weighted by atomic mass is 10.0. The SMILES string of the molecule is COC(=O)C1=C(C)N(c2ccc(Cl)c(Cl)c2)C(=O)/C1=C\c1ccc(OC)c([N+](=O)[O-])c1. The van der Waals surface area contributed by atoms with Crippen LogP contribution in [-0.2, 0) is 14.3 Å². The van der Waals surface area contributed by atoms with Crippen molar-refractivity contribution >= 4 is 52.5 Å². The van der Waals surface area contributed by atoms with Gasteiger partial charge in [0.05, 0.1) is 46.0 Å². The zero-order valence-corrected chi connectivity index (χ0v) is 18.2. The molecule has 0 fully saturated rings. The van der Waals surface area contributed by atoms with E-state index >= 15 is 0 Å². The summed E-state index contributed by atoms with van der Waals surface area (Å²) in [6.45, 7) is 1.59. The van der Waals surface area contributed by atoms with Crippen LogP contribution in [0.1, 0.15) is 12.5 Å². The Morgan fingerprint density at radius 1 is 1.13 bits per heavy atom. The molecule has 0 unspecified atom stereocenters. The van der Waals surface area contributed by atoms with Gasteiger partial charge in [0.2, 0.25) is 0 Å². The summed E-state index contributed by atoms with van der Waals surface area (Å²) < 4.78 is 9.85. The minimum atomic E-state index is -0.720. The number of hydrogen-bond acceptors (Lipinski definition) is 6. The van der Waals surface area contributed by atoms with E-state index < -0.39 is 16.8 Å². The highest BCUT2D eigenvalue weighted by Gasteiger charge is 2.38. The number of anilines is 1. The Morgan fingerprint density at radius 3 is 2.42 bits per heavy atom. The van der Waals surface area contributed by atoms with Crippen LogP contribution in [0.2, 0.25) is 10.0 Å². The number of nitro groups is 1. The third kappa shape index (κ3) is 4.12. The summed E-state index contributed by atoms with van der Waals surface area (Å²) in [5, 5.41) is 11.9. The molecule has 1 aliphatic rings. The van der Waals surface area contributed by atoms with Gasteiger partial charge in [0.25, 0.3) is 5.91 Å². The van der Waals surface area contributed by atoms with Gasteiger partial charge in [-0.15, -0.1) is 0 Å². The fourth-order valence-electron chi connectivity index (χ4n) is 3.22. The van der Waals surface area contributed by atoms with Crippen LogP contribution in [0.25, 0.3) is 6.08 Å². The number of hydrogen-bond donors (Lipinski definition) is 0. The van der Waals surface area contributed by atoms with Gasteiger partial charge in [-0.05, 0) is 42.8 Å². The van der Waals surface area contributed by atoms with Crippen molar-refractivity contribution in [2.45, 2.75) is 6.92 Å². The number of ether oxygens (including phenoxy) is 2. The van der Waals surface area contributed by atoms with Crippen LogP contribution < -0.4 is 9.64 Å². The van der Waals surface area contributed by atoms with E-state index in [2.05, 4.69) is 0 Å². The van der Waals surface area contributed by atoms with Gasteiger partial charge in [-0.3, -0.25) is 19.8 Å². The van der Waals surface area contributed by atoms with E-state index in [0.29, 0.717) is 22.0 Å². The minimum absolute atomic E-state index is 0.0230. The molecule has 0 atom stereocenters. The number of halogens is 2. The lowest BCUT2D eigenvalue weighted by Crippen LogP contribution is -2.24. The van der Waals surface area contributed by atoms with Gasteiger partial charge in [0.15, 0.2) is 5.75 Å². The van der Waals surface area contributed by atoms with E-state index in [-0.39, 0.29) is 27.6 Å². The minimum Gasteiger partial charge on any atom is -0.490 e. The van der Waals surface area contributed by atoms with Crippen LogP contribution >= 0.6 is 23.2 Å². The normalized spacial score (nSPS) is 14.9. The molecule has 10 heteroatoms. The lowest BCUT2D eigenvalue weighted by Gasteiger charge is -2.18. The maximum absolute atomic E-state index is 13.3. The van der Waals surface area contributed by atoms with Crippen molar-refractivity contribution in [2.24, 2.45) is 0 Å². The largest absolute Gasteiger partial charge is 0.490 e. The van der Waals surface area contributed by atoms with Crippen LogP contribution in [0, 0.1) is 10.1 Å². The van der Waals surface area contributed by atoms with Crippen LogP contribution in [0.5, 0.6) is 5.75 Å². The average Bonchev–Trinajstić information content (AvgIpc) is 2.99. The van der Waals surface area contributed by atoms with Gasteiger partial charge in [-0.25, -0.2) is 4.79 Å². The number of methoxy groups -OCH3 is 2. The summed E-state index contributed by atoms with van der Waals surface area (Å²) >= 11 is 12.1. The highest BCUT2D eigenvalue weighted by atomic mass is 35.5. The third-order valence-electron chi connectivity index (χ3n) is 4.66. The molecule has 0 bridgehead atoms. The van der Waals surface area contributed by atoms with Gasteiger partial charge >= 0.3 is 11.7 Å². The molecule has 2 aromatic rings. The third-order valence-corrected chi connectivity index (χ3v) is 5.40. The second kappa shape index (κ2) is 8.79. The topological polar surface area (TPSA) is 99.0 Å². The summed E-state index contributed by atoms with van der Waals surface area (Å²) in [7, 11) is 2.52. The van der Waals surface area contributed by atoms with Gasteiger partial charge in [0, 0.05) is 11.8 Å². The van der Waals surface area contributed by atoms with E-state index in [9.17, 15) is 19.7 Å². The molecule has 3 rings (SSSR count). The number of amides is 1. The van der Waals surface area contributed by atoms with Crippen molar-refractivity contribution in [2.75, 3.05) is 19.1 Å². The molecule has 2 aromatic carbocycles. The van der Waals surface area contributed by atoms with Gasteiger partial charge in [-0.2, -0.15) is 0 Å². The first kappa shape index (κ1) is 22.3. The zero-order valence-electron chi connectivity index (χ0n) is 16.6. The van der Waals surface area contributed by atoms with Gasteiger partial charge in [-0.1, -0.05) is 29.3 Å². The fraction of sp³-hybridized carbons (Fsp3) is 0.143. The smallest absolute Gasteiger partial charge is 0.340 e. The van der Waals surface area contributed by atoms with E-state index in [1.165, 1.54) is 55.5 Å². The van der Waals surface area contributed by atoms with Crippen molar-refractivity contribution in [3.8, 4) is 5.75 Å². The Kier molecular flexibility index (Phi) is 6.33. The number of carbonyl (C=O) groups excluding carboxylic acids is 2. The number of allylic oxidation sites excluding steroid dienone is 1. The number of nitro benzene ring substituents is 1. The maximum Gasteiger partial charge on any atom is 0.340 e. The van der Waals surface area contributed by atoms with Crippen LogP contribution in [0.3, 0.4) is 0 Å². The van der Waals surface area contributed by atoms with Crippen LogP contribution in [-0.4, -0.2) is 31.0 Å². The molecular weight excluding hydrogens is 447 g/mol. The maximum atomic E-state index is 13.3. The van der Waals surface area contributed by atoms with Crippen molar-refractivity contribution in [3.05, 3.63) is 79.0 Å². The second-order valence-corrected chi connectivity index (χ2v) is 7.25. The average molecular weight is 463 g/mol. The summed E-state index contributed by atoms with van der Waals surface area (Å²) in [6.07, 6.45) is 1.39. The summed E-state index contributed by atoms with van der Waals surface area (Å²) in [5.74, 6) is -1.17. The molecule has 0 saturated carbocycles. The Balaban J connectivity index is 2.16. The number of benzene rings is 2. The Hall–Kier alpha value is -3.36. The Morgan fingerprint density at radius 2 is 1.84 bits per heavy atom. The molecule has 31 heavy (non-hydrogen) atoms. The molecular formula is C21H16Cl2N2O6. The Bertz CT molecular complexity index is 1170. The molecule has 8 nitrogen and oxygen atoms in total. The Labute approximate surface area is 187 Å². The molecule has 0 spiro atoms. The molecule has 0 radical (unpaired) electrons. The number of carbonyl (C=O) groups is 2. The molecule has 160 valence electrons. The van der Waals surface area contributed by atoms with Gasteiger partial charge < -0.3 is 9.47 Å². The predicted octanol–water partition coefficient (Wildman–Crippen LogP) is 4.79. The summed E-state index contributed by atoms with van der Waals surface area (Å²) in [6, 6.07) is 8.83. The first-order valence-corrected chi connectivity index (χ1v) is 9.58. The summed E-state index contributed by atoms with van der Waals surface area (Å²) in [5.41, 5.74) is 0.851. The molecule has 1 heterocycles. The van der Waals surface area contributed by atoms with Crippen molar-refractivity contribution in [1.82, 2.24) is 0 Å². The van der Waals surface area contributed by atoms with Crippen LogP contribution in [0.4, 0.5) is 11.4 Å². The predicted molar refractivity (Wildman–Crippen MR) is 116 cm³/mol. The molecule has 1 aliphatic heterocycles. The second-order valence-electron chi connectivity index (χ2n) is 6.44. The van der Waals surface area contributed by atoms with Crippen LogP contribution in [0.15, 0.2) is 53.2 Å². The van der Waals surface area contributed by atoms with Crippen molar-refractivity contribution < 1.29 is 24.0 Å². The fourth-order valence-corrected chi connectivity index (χ4v) is 3.51. The monoisotopic (exact) mass is 462 g/mol. The molecule has 0 saturated heterocycles. The standard InChI is InChI=1S/C21H16Cl2N2O6/c1-11-19(21(27)31-3)14(8-12-4-7-18(30-2)17(9-12)25(28)29)20(26)24(11)13-5-6-15(22)16(23)10-13/h4-10H,1-3H3/b14-8-. The zero-order chi connectivity index (χ0) is 22.9. The quantitative estimate of drug-likeness (QED) is 0.274. The van der Waals surface area contributed by atoms with E-state index in [4.69, 9.17) is 32.7 Å².